The molecule has 1 atom stereocenters. The van der Waals surface area contributed by atoms with E-state index in [-0.39, 0.29) is 4.75 Å². The first-order valence-corrected chi connectivity index (χ1v) is 3.33. The second kappa shape index (κ2) is 2.88. The molecule has 0 aromatic rings. The Balaban J connectivity index is 3.15. The molecule has 0 nitrogen and oxygen atoms in total. The fourth-order valence-corrected chi connectivity index (χ4v) is 1.02. The van der Waals surface area contributed by atoms with Crippen LogP contribution in [-0.4, -0.2) is 10.5 Å². The zero-order chi connectivity index (χ0) is 5.91. The van der Waals surface area contributed by atoms with Gasteiger partial charge in [-0.1, -0.05) is 6.92 Å². The number of rotatable bonds is 2. The van der Waals surface area contributed by atoms with Crippen molar-refractivity contribution in [2.45, 2.75) is 18.1 Å². The summed E-state index contributed by atoms with van der Waals surface area (Å²) in [6, 6.07) is 0. The summed E-state index contributed by atoms with van der Waals surface area (Å²) in [5.41, 5.74) is 0. The van der Waals surface area contributed by atoms with Crippen molar-refractivity contribution >= 4 is 25.3 Å². The van der Waals surface area contributed by atoms with E-state index in [4.69, 9.17) is 0 Å². The third kappa shape index (κ3) is 6.70. The van der Waals surface area contributed by atoms with Crippen molar-refractivity contribution in [1.29, 1.82) is 0 Å². The van der Waals surface area contributed by atoms with Crippen molar-refractivity contribution in [3.05, 3.63) is 6.92 Å². The van der Waals surface area contributed by atoms with Gasteiger partial charge >= 0.3 is 0 Å². The first kappa shape index (κ1) is 7.70. The highest BCUT2D eigenvalue weighted by Gasteiger charge is 2.07. The molecule has 2 heteroatoms. The van der Waals surface area contributed by atoms with E-state index in [1.54, 1.807) is 0 Å². The number of hydrogen-bond donors (Lipinski definition) is 2. The van der Waals surface area contributed by atoms with E-state index in [0.717, 1.165) is 12.2 Å². The van der Waals surface area contributed by atoms with Crippen LogP contribution in [0.25, 0.3) is 0 Å². The highest BCUT2D eigenvalue weighted by Crippen LogP contribution is 2.15. The van der Waals surface area contributed by atoms with Gasteiger partial charge in [-0.25, -0.2) is 0 Å². The summed E-state index contributed by atoms with van der Waals surface area (Å²) in [6.07, 6.45) is 0.958. The minimum Gasteiger partial charge on any atom is -0.179 e. The van der Waals surface area contributed by atoms with Gasteiger partial charge in [-0.2, -0.15) is 25.3 Å². The first-order chi connectivity index (χ1) is 3.06. The van der Waals surface area contributed by atoms with Gasteiger partial charge < -0.3 is 0 Å². The molecule has 0 aromatic carbocycles. The van der Waals surface area contributed by atoms with Crippen LogP contribution < -0.4 is 0 Å². The SMILES string of the molecule is [CH2]C(C)(S)CCS. The molecule has 0 aliphatic heterocycles. The van der Waals surface area contributed by atoms with E-state index in [2.05, 4.69) is 32.2 Å². The standard InChI is InChI=1S/C5H11S2/c1-5(2,7)3-4-6/h6-7H,1,3-4H2,2H3. The molecule has 0 spiro atoms. The molecule has 0 saturated heterocycles. The van der Waals surface area contributed by atoms with Crippen LogP contribution in [-0.2, 0) is 0 Å². The summed E-state index contributed by atoms with van der Waals surface area (Å²) in [6.45, 7) is 5.75. The van der Waals surface area contributed by atoms with E-state index in [9.17, 15) is 0 Å². The zero-order valence-electron chi connectivity index (χ0n) is 4.52. The minimum absolute atomic E-state index is 0.0816. The fraction of sp³-hybridized carbons (Fsp3) is 0.800. The molecule has 1 radical (unpaired) electrons. The molecule has 0 aromatic heterocycles. The molecule has 0 saturated carbocycles. The summed E-state index contributed by atoms with van der Waals surface area (Å²) in [5.74, 6) is 0.865. The molecule has 43 valence electrons. The van der Waals surface area contributed by atoms with Gasteiger partial charge in [0.2, 0.25) is 0 Å². The van der Waals surface area contributed by atoms with Gasteiger partial charge in [0.15, 0.2) is 0 Å². The monoisotopic (exact) mass is 135 g/mol. The van der Waals surface area contributed by atoms with Crippen molar-refractivity contribution in [2.24, 2.45) is 0 Å². The van der Waals surface area contributed by atoms with Crippen molar-refractivity contribution in [2.75, 3.05) is 5.75 Å². The maximum Gasteiger partial charge on any atom is 0.0110 e. The van der Waals surface area contributed by atoms with Gasteiger partial charge in [0.1, 0.15) is 0 Å². The maximum absolute atomic E-state index is 4.17. The summed E-state index contributed by atoms with van der Waals surface area (Å²) in [4.78, 5) is 0. The lowest BCUT2D eigenvalue weighted by Gasteiger charge is -2.13. The smallest absolute Gasteiger partial charge is 0.0110 e. The first-order valence-electron chi connectivity index (χ1n) is 2.25. The molecule has 0 N–H and O–H groups in total. The molecular weight excluding hydrogens is 124 g/mol. The van der Waals surface area contributed by atoms with Crippen molar-refractivity contribution in [1.82, 2.24) is 0 Å². The van der Waals surface area contributed by atoms with Gasteiger partial charge in [-0.15, -0.1) is 0 Å². The normalized spacial score (nSPS) is 12.0. The summed E-state index contributed by atoms with van der Waals surface area (Å²) in [5, 5.41) is 0. The molecule has 0 heterocycles. The minimum atomic E-state index is -0.0816. The molecule has 0 aliphatic carbocycles. The van der Waals surface area contributed by atoms with Crippen LogP contribution >= 0.6 is 25.3 Å². The van der Waals surface area contributed by atoms with Crippen LogP contribution in [0, 0.1) is 6.92 Å². The zero-order valence-corrected chi connectivity index (χ0v) is 6.30. The van der Waals surface area contributed by atoms with E-state index in [1.807, 2.05) is 6.92 Å². The molecule has 1 unspecified atom stereocenters. The van der Waals surface area contributed by atoms with Crippen molar-refractivity contribution in [3.63, 3.8) is 0 Å². The average molecular weight is 135 g/mol. The quantitative estimate of drug-likeness (QED) is 0.530. The van der Waals surface area contributed by atoms with E-state index in [1.165, 1.54) is 0 Å². The molecule has 0 amide bonds. The third-order valence-corrected chi connectivity index (χ3v) is 1.10. The highest BCUT2D eigenvalue weighted by atomic mass is 32.1. The molecule has 0 rings (SSSR count). The predicted octanol–water partition coefficient (Wildman–Crippen LogP) is 1.83. The Morgan fingerprint density at radius 2 is 2.14 bits per heavy atom. The molecule has 0 fully saturated rings. The maximum atomic E-state index is 4.17. The second-order valence-corrected chi connectivity index (χ2v) is 3.50. The van der Waals surface area contributed by atoms with Crippen LogP contribution in [0.15, 0.2) is 0 Å². The highest BCUT2D eigenvalue weighted by molar-refractivity contribution is 7.82. The van der Waals surface area contributed by atoms with Crippen molar-refractivity contribution < 1.29 is 0 Å². The number of thiol groups is 2. The number of hydrogen-bond acceptors (Lipinski definition) is 2. The van der Waals surface area contributed by atoms with Gasteiger partial charge in [0.05, 0.1) is 0 Å². The Labute approximate surface area is 56.5 Å². The Hall–Kier alpha value is 0.700. The summed E-state index contributed by atoms with van der Waals surface area (Å²) < 4.78 is -0.0816. The molecular formula is C5H11S2. The Kier molecular flexibility index (Phi) is 3.16. The molecule has 7 heavy (non-hydrogen) atoms. The van der Waals surface area contributed by atoms with Crippen molar-refractivity contribution in [3.8, 4) is 0 Å². The van der Waals surface area contributed by atoms with Crippen LogP contribution in [0.4, 0.5) is 0 Å². The van der Waals surface area contributed by atoms with Crippen LogP contribution in [0.5, 0.6) is 0 Å². The second-order valence-electron chi connectivity index (χ2n) is 1.97. The topological polar surface area (TPSA) is 0 Å². The molecule has 0 aliphatic rings. The van der Waals surface area contributed by atoms with E-state index in [0.29, 0.717) is 0 Å². The van der Waals surface area contributed by atoms with E-state index >= 15 is 0 Å². The molecule has 0 bridgehead atoms. The predicted molar refractivity (Wildman–Crippen MR) is 41.2 cm³/mol. The Bertz CT molecular complexity index is 44.5. The summed E-state index contributed by atoms with van der Waals surface area (Å²) in [7, 11) is 0. The lowest BCUT2D eigenvalue weighted by molar-refractivity contribution is 0.768. The van der Waals surface area contributed by atoms with Crippen LogP contribution in [0.3, 0.4) is 0 Å². The average Bonchev–Trinajstić information content (AvgIpc) is 1.30. The van der Waals surface area contributed by atoms with Crippen LogP contribution in [0.2, 0.25) is 0 Å². The Morgan fingerprint density at radius 1 is 1.71 bits per heavy atom. The fourth-order valence-electron chi connectivity index (χ4n) is 0.241. The van der Waals surface area contributed by atoms with Gasteiger partial charge in [-0.3, -0.25) is 0 Å². The van der Waals surface area contributed by atoms with E-state index < -0.39 is 0 Å². The third-order valence-electron chi connectivity index (χ3n) is 0.650. The van der Waals surface area contributed by atoms with Gasteiger partial charge in [0.25, 0.3) is 0 Å². The van der Waals surface area contributed by atoms with Crippen LogP contribution in [0.1, 0.15) is 13.3 Å². The Morgan fingerprint density at radius 3 is 2.14 bits per heavy atom. The van der Waals surface area contributed by atoms with Gasteiger partial charge in [-0.05, 0) is 19.1 Å². The van der Waals surface area contributed by atoms with Gasteiger partial charge in [0, 0.05) is 4.75 Å². The lowest BCUT2D eigenvalue weighted by atomic mass is 10.1. The largest absolute Gasteiger partial charge is 0.179 e. The summed E-state index contributed by atoms with van der Waals surface area (Å²) >= 11 is 8.20. The lowest BCUT2D eigenvalue weighted by Crippen LogP contribution is -2.10.